The van der Waals surface area contributed by atoms with E-state index in [4.69, 9.17) is 4.74 Å². The first kappa shape index (κ1) is 11.8. The van der Waals surface area contributed by atoms with Crippen molar-refractivity contribution >= 4 is 11.3 Å². The highest BCUT2D eigenvalue weighted by Crippen LogP contribution is 2.26. The van der Waals surface area contributed by atoms with Gasteiger partial charge in [0.05, 0.1) is 42.4 Å². The highest BCUT2D eigenvalue weighted by molar-refractivity contribution is 7.07. The van der Waals surface area contributed by atoms with E-state index in [-0.39, 0.29) is 6.04 Å². The minimum absolute atomic E-state index is 0.253. The first-order chi connectivity index (χ1) is 8.84. The smallest absolute Gasteiger partial charge is 0.0795 e. The third kappa shape index (κ3) is 2.31. The van der Waals surface area contributed by atoms with Gasteiger partial charge in [0.2, 0.25) is 0 Å². The summed E-state index contributed by atoms with van der Waals surface area (Å²) in [6.07, 6.45) is 1.87. The van der Waals surface area contributed by atoms with E-state index in [9.17, 15) is 0 Å². The predicted molar refractivity (Wildman–Crippen MR) is 69.4 cm³/mol. The van der Waals surface area contributed by atoms with Gasteiger partial charge in [0, 0.05) is 18.5 Å². The predicted octanol–water partition coefficient (Wildman–Crippen LogP) is 1.75. The highest BCUT2D eigenvalue weighted by Gasteiger charge is 2.27. The van der Waals surface area contributed by atoms with E-state index < -0.39 is 0 Å². The average Bonchev–Trinajstić information content (AvgIpc) is 3.02. The first-order valence-electron chi connectivity index (χ1n) is 6.03. The molecule has 0 amide bonds. The normalized spacial score (nSPS) is 21.3. The summed E-state index contributed by atoms with van der Waals surface area (Å²) >= 11 is 1.64. The van der Waals surface area contributed by atoms with Gasteiger partial charge in [-0.3, -0.25) is 10.00 Å². The quantitative estimate of drug-likeness (QED) is 0.917. The van der Waals surface area contributed by atoms with Crippen LogP contribution in [0.5, 0.6) is 0 Å². The number of hydrogen-bond acceptors (Lipinski definition) is 5. The van der Waals surface area contributed by atoms with Crippen LogP contribution in [0, 0.1) is 6.92 Å². The summed E-state index contributed by atoms with van der Waals surface area (Å²) < 4.78 is 5.60. The summed E-state index contributed by atoms with van der Waals surface area (Å²) in [5.74, 6) is 0. The van der Waals surface area contributed by atoms with Gasteiger partial charge in [0.1, 0.15) is 0 Å². The van der Waals surface area contributed by atoms with Crippen LogP contribution in [0.2, 0.25) is 0 Å². The number of morpholine rings is 1. The van der Waals surface area contributed by atoms with Gasteiger partial charge in [-0.2, -0.15) is 5.10 Å². The molecule has 6 heteroatoms. The molecule has 0 radical (unpaired) electrons. The molecular weight excluding hydrogens is 248 g/mol. The van der Waals surface area contributed by atoms with Crippen molar-refractivity contribution in [3.8, 4) is 0 Å². The van der Waals surface area contributed by atoms with Crippen molar-refractivity contribution in [1.82, 2.24) is 20.1 Å². The van der Waals surface area contributed by atoms with E-state index in [1.807, 2.05) is 11.7 Å². The molecule has 1 fully saturated rings. The lowest BCUT2D eigenvalue weighted by atomic mass is 10.1. The zero-order valence-electron chi connectivity index (χ0n) is 10.3. The van der Waals surface area contributed by atoms with Gasteiger partial charge < -0.3 is 4.74 Å². The van der Waals surface area contributed by atoms with E-state index in [2.05, 4.69) is 32.4 Å². The van der Waals surface area contributed by atoms with Crippen LogP contribution in [0.25, 0.3) is 0 Å². The molecule has 2 aromatic heterocycles. The van der Waals surface area contributed by atoms with Crippen LogP contribution in [-0.2, 0) is 11.3 Å². The maximum Gasteiger partial charge on any atom is 0.0795 e. The lowest BCUT2D eigenvalue weighted by Crippen LogP contribution is -2.39. The lowest BCUT2D eigenvalue weighted by Gasteiger charge is -2.34. The number of thiazole rings is 1. The molecule has 0 spiro atoms. The summed E-state index contributed by atoms with van der Waals surface area (Å²) in [7, 11) is 0. The molecule has 3 rings (SSSR count). The number of aryl methyl sites for hydroxylation is 1. The molecule has 5 nitrogen and oxygen atoms in total. The van der Waals surface area contributed by atoms with Crippen molar-refractivity contribution in [2.24, 2.45) is 0 Å². The monoisotopic (exact) mass is 264 g/mol. The molecule has 1 aliphatic rings. The Hall–Kier alpha value is -1.24. The van der Waals surface area contributed by atoms with Crippen molar-refractivity contribution in [2.75, 3.05) is 19.8 Å². The van der Waals surface area contributed by atoms with E-state index in [0.717, 1.165) is 31.1 Å². The number of aromatic amines is 1. The fraction of sp³-hybridized carbons (Fsp3) is 0.500. The molecule has 0 saturated carbocycles. The Kier molecular flexibility index (Phi) is 3.40. The molecule has 1 aliphatic heterocycles. The largest absolute Gasteiger partial charge is 0.378 e. The molecule has 1 N–H and O–H groups in total. The van der Waals surface area contributed by atoms with Gasteiger partial charge in [0.15, 0.2) is 0 Å². The fourth-order valence-electron chi connectivity index (χ4n) is 2.31. The second-order valence-electron chi connectivity index (χ2n) is 4.51. The molecule has 0 aliphatic carbocycles. The number of nitrogens with zero attached hydrogens (tertiary/aromatic N) is 3. The van der Waals surface area contributed by atoms with Crippen LogP contribution < -0.4 is 0 Å². The molecule has 18 heavy (non-hydrogen) atoms. The zero-order chi connectivity index (χ0) is 12.4. The average molecular weight is 264 g/mol. The van der Waals surface area contributed by atoms with Gasteiger partial charge in [-0.1, -0.05) is 0 Å². The minimum atomic E-state index is 0.253. The summed E-state index contributed by atoms with van der Waals surface area (Å²) in [6.45, 7) is 5.38. The first-order valence-corrected chi connectivity index (χ1v) is 6.97. The maximum absolute atomic E-state index is 5.60. The Morgan fingerprint density at radius 3 is 3.28 bits per heavy atom. The van der Waals surface area contributed by atoms with Crippen LogP contribution in [0.15, 0.2) is 17.1 Å². The van der Waals surface area contributed by atoms with Crippen molar-refractivity contribution in [2.45, 2.75) is 19.5 Å². The zero-order valence-corrected chi connectivity index (χ0v) is 11.1. The molecule has 1 saturated heterocycles. The van der Waals surface area contributed by atoms with Gasteiger partial charge in [0.25, 0.3) is 0 Å². The Morgan fingerprint density at radius 1 is 1.61 bits per heavy atom. The third-order valence-corrected chi connectivity index (χ3v) is 3.92. The highest BCUT2D eigenvalue weighted by atomic mass is 32.1. The number of nitrogens with one attached hydrogen (secondary N) is 1. The molecule has 0 unspecified atom stereocenters. The Labute approximate surface area is 110 Å². The number of aromatic nitrogens is 3. The number of hydrogen-bond donors (Lipinski definition) is 1. The van der Waals surface area contributed by atoms with Crippen LogP contribution >= 0.6 is 11.3 Å². The molecule has 2 aromatic rings. The second kappa shape index (κ2) is 5.17. The van der Waals surface area contributed by atoms with E-state index in [0.29, 0.717) is 6.61 Å². The number of ether oxygens (including phenoxy) is 1. The van der Waals surface area contributed by atoms with Gasteiger partial charge in [-0.25, -0.2) is 4.98 Å². The molecule has 3 heterocycles. The Balaban J connectivity index is 1.80. The fourth-order valence-corrected chi connectivity index (χ4v) is 2.86. The minimum Gasteiger partial charge on any atom is -0.378 e. The Bertz CT molecular complexity index is 496. The number of rotatable bonds is 3. The van der Waals surface area contributed by atoms with Crippen molar-refractivity contribution < 1.29 is 4.74 Å². The summed E-state index contributed by atoms with van der Waals surface area (Å²) in [5, 5.41) is 9.31. The van der Waals surface area contributed by atoms with Gasteiger partial charge in [-0.05, 0) is 12.5 Å². The maximum atomic E-state index is 5.60. The van der Waals surface area contributed by atoms with Crippen LogP contribution in [0.3, 0.4) is 0 Å². The molecule has 0 aromatic carbocycles. The van der Waals surface area contributed by atoms with E-state index in [1.165, 1.54) is 5.56 Å². The van der Waals surface area contributed by atoms with Crippen LogP contribution in [0.1, 0.15) is 23.0 Å². The van der Waals surface area contributed by atoms with Crippen molar-refractivity contribution in [3.63, 3.8) is 0 Å². The Morgan fingerprint density at radius 2 is 2.56 bits per heavy atom. The SMILES string of the molecule is Cc1cn[nH]c1[C@@H]1COCCN1Cc1cscn1. The van der Waals surface area contributed by atoms with Crippen molar-refractivity contribution in [3.05, 3.63) is 34.0 Å². The van der Waals surface area contributed by atoms with Gasteiger partial charge >= 0.3 is 0 Å². The summed E-state index contributed by atoms with van der Waals surface area (Å²) in [5.41, 5.74) is 5.36. The summed E-state index contributed by atoms with van der Waals surface area (Å²) in [6, 6.07) is 0.253. The van der Waals surface area contributed by atoms with E-state index >= 15 is 0 Å². The van der Waals surface area contributed by atoms with Gasteiger partial charge in [-0.15, -0.1) is 11.3 Å². The standard InChI is InChI=1S/C12H16N4OS/c1-9-4-14-15-12(9)11-6-17-3-2-16(11)5-10-7-18-8-13-10/h4,7-8,11H,2-3,5-6H2,1H3,(H,14,15)/t11-/m0/s1. The topological polar surface area (TPSA) is 54.0 Å². The van der Waals surface area contributed by atoms with Crippen LogP contribution in [-0.4, -0.2) is 39.8 Å². The number of H-pyrrole nitrogens is 1. The van der Waals surface area contributed by atoms with Crippen LogP contribution in [0.4, 0.5) is 0 Å². The van der Waals surface area contributed by atoms with E-state index in [1.54, 1.807) is 11.3 Å². The summed E-state index contributed by atoms with van der Waals surface area (Å²) in [4.78, 5) is 6.76. The third-order valence-electron chi connectivity index (χ3n) is 3.29. The molecule has 1 atom stereocenters. The molecular formula is C12H16N4OS. The second-order valence-corrected chi connectivity index (χ2v) is 5.23. The van der Waals surface area contributed by atoms with Crippen molar-refractivity contribution in [1.29, 1.82) is 0 Å². The molecule has 0 bridgehead atoms. The molecule has 96 valence electrons. The lowest BCUT2D eigenvalue weighted by molar-refractivity contribution is -0.0149.